The van der Waals surface area contributed by atoms with E-state index in [0.717, 1.165) is 37.8 Å². The highest BCUT2D eigenvalue weighted by atomic mass is 19.1. The molecule has 3 nitrogen and oxygen atoms in total. The van der Waals surface area contributed by atoms with Gasteiger partial charge in [-0.3, -0.25) is 4.79 Å². The largest absolute Gasteiger partial charge is 0.321 e. The summed E-state index contributed by atoms with van der Waals surface area (Å²) in [5.74, 6) is -1.86. The molecule has 1 fully saturated rings. The summed E-state index contributed by atoms with van der Waals surface area (Å²) in [7, 11) is 1.84. The maximum Gasteiger partial charge on any atom is 0.226 e. The Kier molecular flexibility index (Phi) is 4.70. The first kappa shape index (κ1) is 14.9. The number of carbonyl (C=O) groups is 1. The molecule has 1 aliphatic rings. The van der Waals surface area contributed by atoms with Crippen LogP contribution in [-0.4, -0.2) is 18.5 Å². The molecule has 1 aliphatic carbocycles. The minimum atomic E-state index is -0.750. The highest BCUT2D eigenvalue weighted by Gasteiger charge is 2.32. The summed E-state index contributed by atoms with van der Waals surface area (Å²) in [5, 5.41) is 5.57. The lowest BCUT2D eigenvalue weighted by Crippen LogP contribution is -2.47. The third kappa shape index (κ3) is 3.33. The monoisotopic (exact) mass is 282 g/mol. The first-order valence-corrected chi connectivity index (χ1v) is 6.99. The average Bonchev–Trinajstić information content (AvgIpc) is 2.44. The quantitative estimate of drug-likeness (QED) is 0.890. The first-order valence-electron chi connectivity index (χ1n) is 6.99. The van der Waals surface area contributed by atoms with E-state index in [1.165, 1.54) is 12.5 Å². The molecule has 0 bridgehead atoms. The van der Waals surface area contributed by atoms with Gasteiger partial charge in [0.25, 0.3) is 0 Å². The van der Waals surface area contributed by atoms with Gasteiger partial charge in [-0.05, 0) is 32.0 Å². The highest BCUT2D eigenvalue weighted by molar-refractivity contribution is 5.91. The Morgan fingerprint density at radius 2 is 1.80 bits per heavy atom. The summed E-state index contributed by atoms with van der Waals surface area (Å²) < 4.78 is 27.0. The predicted octanol–water partition coefficient (Wildman–Crippen LogP) is 3.22. The van der Waals surface area contributed by atoms with Gasteiger partial charge in [-0.25, -0.2) is 8.78 Å². The van der Waals surface area contributed by atoms with Gasteiger partial charge in [0.2, 0.25) is 5.91 Å². The Morgan fingerprint density at radius 3 is 2.35 bits per heavy atom. The van der Waals surface area contributed by atoms with Gasteiger partial charge in [-0.2, -0.15) is 0 Å². The second-order valence-electron chi connectivity index (χ2n) is 5.41. The van der Waals surface area contributed by atoms with Crippen LogP contribution in [0, 0.1) is 11.6 Å². The lowest BCUT2D eigenvalue weighted by molar-refractivity contribution is -0.118. The fraction of sp³-hybridized carbons (Fsp3) is 0.533. The van der Waals surface area contributed by atoms with Crippen molar-refractivity contribution in [1.29, 1.82) is 0 Å². The van der Waals surface area contributed by atoms with Gasteiger partial charge in [-0.15, -0.1) is 0 Å². The molecule has 0 atom stereocenters. The molecule has 2 N–H and O–H groups in total. The van der Waals surface area contributed by atoms with E-state index in [-0.39, 0.29) is 23.6 Å². The Hall–Kier alpha value is -1.49. The van der Waals surface area contributed by atoms with Crippen molar-refractivity contribution >= 4 is 11.6 Å². The van der Waals surface area contributed by atoms with E-state index in [0.29, 0.717) is 0 Å². The van der Waals surface area contributed by atoms with Crippen LogP contribution in [0.15, 0.2) is 18.2 Å². The van der Waals surface area contributed by atoms with Gasteiger partial charge in [0, 0.05) is 12.0 Å². The summed E-state index contributed by atoms with van der Waals surface area (Å²) in [6, 6.07) is 3.54. The summed E-state index contributed by atoms with van der Waals surface area (Å²) in [5.41, 5.74) is -0.607. The third-order valence-electron chi connectivity index (χ3n) is 4.07. The number of para-hydroxylation sites is 1. The molecule has 1 aromatic carbocycles. The summed E-state index contributed by atoms with van der Waals surface area (Å²) >= 11 is 0. The van der Waals surface area contributed by atoms with Gasteiger partial charge in [0.05, 0.1) is 0 Å². The zero-order valence-corrected chi connectivity index (χ0v) is 11.6. The summed E-state index contributed by atoms with van der Waals surface area (Å²) in [6.07, 6.45) is 5.38. The van der Waals surface area contributed by atoms with Crippen molar-refractivity contribution in [2.45, 2.75) is 44.1 Å². The van der Waals surface area contributed by atoms with Gasteiger partial charge >= 0.3 is 0 Å². The molecule has 2 rings (SSSR count). The number of rotatable bonds is 4. The average molecular weight is 282 g/mol. The van der Waals surface area contributed by atoms with Crippen molar-refractivity contribution in [3.63, 3.8) is 0 Å². The van der Waals surface area contributed by atoms with E-state index in [1.807, 2.05) is 7.05 Å². The van der Waals surface area contributed by atoms with E-state index < -0.39 is 11.6 Å². The van der Waals surface area contributed by atoms with Crippen LogP contribution in [0.25, 0.3) is 0 Å². The number of nitrogens with one attached hydrogen (secondary N) is 2. The fourth-order valence-corrected chi connectivity index (χ4v) is 2.85. The normalized spacial score (nSPS) is 17.8. The Balaban J connectivity index is 2.05. The molecule has 0 aliphatic heterocycles. The molecule has 1 saturated carbocycles. The zero-order chi connectivity index (χ0) is 14.6. The lowest BCUT2D eigenvalue weighted by Gasteiger charge is -2.36. The van der Waals surface area contributed by atoms with E-state index >= 15 is 0 Å². The molecule has 1 amide bonds. The van der Waals surface area contributed by atoms with E-state index in [9.17, 15) is 13.6 Å². The standard InChI is InChI=1S/C15H20F2N2O/c1-18-15(8-3-2-4-9-15)10-13(20)19-14-11(16)6-5-7-12(14)17/h5-7,18H,2-4,8-10H2,1H3,(H,19,20). The number of benzene rings is 1. The number of hydrogen-bond donors (Lipinski definition) is 2. The van der Waals surface area contributed by atoms with Crippen LogP contribution in [0.1, 0.15) is 38.5 Å². The van der Waals surface area contributed by atoms with Crippen LogP contribution in [0.3, 0.4) is 0 Å². The lowest BCUT2D eigenvalue weighted by atomic mass is 9.79. The maximum absolute atomic E-state index is 13.5. The maximum atomic E-state index is 13.5. The molecule has 0 heterocycles. The summed E-state index contributed by atoms with van der Waals surface area (Å²) in [6.45, 7) is 0. The highest BCUT2D eigenvalue weighted by Crippen LogP contribution is 2.31. The third-order valence-corrected chi connectivity index (χ3v) is 4.07. The van der Waals surface area contributed by atoms with Crippen molar-refractivity contribution in [2.75, 3.05) is 12.4 Å². The molecular weight excluding hydrogens is 262 g/mol. The van der Waals surface area contributed by atoms with Gasteiger partial charge in [0.15, 0.2) is 0 Å². The molecule has 0 radical (unpaired) electrons. The molecule has 5 heteroatoms. The van der Waals surface area contributed by atoms with Crippen molar-refractivity contribution in [1.82, 2.24) is 5.32 Å². The van der Waals surface area contributed by atoms with Gasteiger partial charge < -0.3 is 10.6 Å². The summed E-state index contributed by atoms with van der Waals surface area (Å²) in [4.78, 5) is 12.1. The van der Waals surface area contributed by atoms with Crippen LogP contribution >= 0.6 is 0 Å². The molecule has 0 spiro atoms. The predicted molar refractivity (Wildman–Crippen MR) is 74.5 cm³/mol. The van der Waals surface area contributed by atoms with Crippen molar-refractivity contribution in [3.05, 3.63) is 29.8 Å². The van der Waals surface area contributed by atoms with Crippen LogP contribution in [0.2, 0.25) is 0 Å². The van der Waals surface area contributed by atoms with E-state index in [2.05, 4.69) is 10.6 Å². The minimum Gasteiger partial charge on any atom is -0.321 e. The van der Waals surface area contributed by atoms with Crippen LogP contribution in [0.5, 0.6) is 0 Å². The van der Waals surface area contributed by atoms with Crippen molar-refractivity contribution < 1.29 is 13.6 Å². The molecule has 110 valence electrons. The second-order valence-corrected chi connectivity index (χ2v) is 5.41. The molecular formula is C15H20F2N2O. The number of anilines is 1. The Morgan fingerprint density at radius 1 is 1.20 bits per heavy atom. The Bertz CT molecular complexity index is 465. The Labute approximate surface area is 117 Å². The van der Waals surface area contributed by atoms with Crippen molar-refractivity contribution in [3.8, 4) is 0 Å². The van der Waals surface area contributed by atoms with Gasteiger partial charge in [0.1, 0.15) is 17.3 Å². The number of hydrogen-bond acceptors (Lipinski definition) is 2. The molecule has 1 aromatic rings. The fourth-order valence-electron chi connectivity index (χ4n) is 2.85. The molecule has 0 unspecified atom stereocenters. The van der Waals surface area contributed by atoms with Crippen LogP contribution in [0.4, 0.5) is 14.5 Å². The van der Waals surface area contributed by atoms with Gasteiger partial charge in [-0.1, -0.05) is 25.3 Å². The van der Waals surface area contributed by atoms with E-state index in [4.69, 9.17) is 0 Å². The molecule has 0 aromatic heterocycles. The van der Waals surface area contributed by atoms with Crippen LogP contribution in [-0.2, 0) is 4.79 Å². The van der Waals surface area contributed by atoms with Crippen LogP contribution < -0.4 is 10.6 Å². The smallest absolute Gasteiger partial charge is 0.226 e. The topological polar surface area (TPSA) is 41.1 Å². The van der Waals surface area contributed by atoms with Crippen molar-refractivity contribution in [2.24, 2.45) is 0 Å². The molecule has 20 heavy (non-hydrogen) atoms. The zero-order valence-electron chi connectivity index (χ0n) is 11.6. The number of carbonyl (C=O) groups excluding carboxylic acids is 1. The van der Waals surface area contributed by atoms with E-state index in [1.54, 1.807) is 0 Å². The minimum absolute atomic E-state index is 0.233. The number of halogens is 2. The first-order chi connectivity index (χ1) is 9.56. The second kappa shape index (κ2) is 6.31. The molecule has 0 saturated heterocycles. The number of amides is 1. The SMILES string of the molecule is CNC1(CC(=O)Nc2c(F)cccc2F)CCCCC1.